The maximum Gasteiger partial charge on any atom is 0.165 e. The smallest absolute Gasteiger partial charge is 0.165 e. The van der Waals surface area contributed by atoms with Gasteiger partial charge in [0.2, 0.25) is 0 Å². The second-order valence-electron chi connectivity index (χ2n) is 6.80. The number of Topliss-reactive ketones (excluding diaryl/α,β-unsaturated/α-hetero) is 1. The number of halogens is 1. The van der Waals surface area contributed by atoms with Crippen LogP contribution in [0.4, 0.5) is 5.69 Å². The Labute approximate surface area is 169 Å². The minimum Gasteiger partial charge on any atom is -0.378 e. The predicted octanol–water partition coefficient (Wildman–Crippen LogP) is 6.92. The molecule has 0 bridgehead atoms. The SMILES string of the molecule is O=C(CC(Nc1ccccc1)c1ccc(Cl)cc1)c1ccc2ccccc2c1. The standard InChI is InChI=1S/C25H20ClNO/c26-22-14-12-19(13-15-22)24(27-23-8-2-1-3-9-23)17-25(28)21-11-10-18-6-4-5-7-20(18)16-21/h1-16,24,27H,17H2. The fourth-order valence-electron chi connectivity index (χ4n) is 3.35. The first-order chi connectivity index (χ1) is 13.7. The Bertz CT molecular complexity index is 1090. The molecule has 0 aromatic heterocycles. The normalized spacial score (nSPS) is 11.9. The van der Waals surface area contributed by atoms with E-state index in [1.165, 1.54) is 0 Å². The minimum absolute atomic E-state index is 0.106. The molecule has 0 radical (unpaired) electrons. The van der Waals surface area contributed by atoms with Crippen molar-refractivity contribution < 1.29 is 4.79 Å². The van der Waals surface area contributed by atoms with Crippen molar-refractivity contribution in [1.29, 1.82) is 0 Å². The lowest BCUT2D eigenvalue weighted by Gasteiger charge is -2.20. The van der Waals surface area contributed by atoms with E-state index >= 15 is 0 Å². The minimum atomic E-state index is -0.140. The number of carbonyl (C=O) groups excluding carboxylic acids is 1. The molecule has 0 spiro atoms. The van der Waals surface area contributed by atoms with Crippen LogP contribution in [0.15, 0.2) is 97.1 Å². The first kappa shape index (κ1) is 18.3. The number of benzene rings is 4. The van der Waals surface area contributed by atoms with Crippen molar-refractivity contribution in [1.82, 2.24) is 0 Å². The van der Waals surface area contributed by atoms with Crippen molar-refractivity contribution in [3.63, 3.8) is 0 Å². The second kappa shape index (κ2) is 8.28. The Kier molecular flexibility index (Phi) is 5.41. The van der Waals surface area contributed by atoms with E-state index in [4.69, 9.17) is 11.6 Å². The lowest BCUT2D eigenvalue weighted by atomic mass is 9.96. The number of hydrogen-bond donors (Lipinski definition) is 1. The molecule has 1 unspecified atom stereocenters. The highest BCUT2D eigenvalue weighted by Gasteiger charge is 2.18. The second-order valence-corrected chi connectivity index (χ2v) is 7.24. The monoisotopic (exact) mass is 385 g/mol. The molecule has 1 atom stereocenters. The molecule has 138 valence electrons. The molecule has 0 amide bonds. The molecule has 28 heavy (non-hydrogen) atoms. The van der Waals surface area contributed by atoms with Gasteiger partial charge in [0, 0.05) is 22.7 Å². The number of rotatable bonds is 6. The summed E-state index contributed by atoms with van der Waals surface area (Å²) in [7, 11) is 0. The van der Waals surface area contributed by atoms with E-state index in [1.54, 1.807) is 0 Å². The molecule has 4 aromatic carbocycles. The summed E-state index contributed by atoms with van der Waals surface area (Å²) in [5.41, 5.74) is 2.74. The van der Waals surface area contributed by atoms with Crippen molar-refractivity contribution in [2.45, 2.75) is 12.5 Å². The van der Waals surface area contributed by atoms with Crippen LogP contribution in [0.25, 0.3) is 10.8 Å². The number of para-hydroxylation sites is 1. The summed E-state index contributed by atoms with van der Waals surface area (Å²) in [6, 6.07) is 31.4. The zero-order valence-electron chi connectivity index (χ0n) is 15.3. The van der Waals surface area contributed by atoms with Crippen LogP contribution in [0.1, 0.15) is 28.4 Å². The zero-order valence-corrected chi connectivity index (χ0v) is 16.1. The third kappa shape index (κ3) is 4.24. The Morgan fingerprint density at radius 3 is 2.21 bits per heavy atom. The quantitative estimate of drug-likeness (QED) is 0.365. The van der Waals surface area contributed by atoms with Crippen molar-refractivity contribution in [3.05, 3.63) is 113 Å². The molecule has 3 heteroatoms. The molecule has 0 saturated carbocycles. The Balaban J connectivity index is 1.61. The van der Waals surface area contributed by atoms with Gasteiger partial charge in [0.1, 0.15) is 0 Å². The van der Waals surface area contributed by atoms with Gasteiger partial charge < -0.3 is 5.32 Å². The summed E-state index contributed by atoms with van der Waals surface area (Å²) in [6.07, 6.45) is 0.356. The summed E-state index contributed by atoms with van der Waals surface area (Å²) in [5.74, 6) is 0.106. The summed E-state index contributed by atoms with van der Waals surface area (Å²) >= 11 is 6.05. The van der Waals surface area contributed by atoms with E-state index in [2.05, 4.69) is 11.4 Å². The van der Waals surface area contributed by atoms with E-state index in [1.807, 2.05) is 91.0 Å². The molecule has 1 N–H and O–H groups in total. The summed E-state index contributed by atoms with van der Waals surface area (Å²) in [6.45, 7) is 0. The Morgan fingerprint density at radius 2 is 1.46 bits per heavy atom. The Morgan fingerprint density at radius 1 is 0.786 bits per heavy atom. The number of carbonyl (C=O) groups is 1. The molecular formula is C25H20ClNO. The third-order valence-electron chi connectivity index (χ3n) is 4.85. The molecule has 4 aromatic rings. The van der Waals surface area contributed by atoms with E-state index in [9.17, 15) is 4.79 Å². The molecule has 0 heterocycles. The predicted molar refractivity (Wildman–Crippen MR) is 117 cm³/mol. The lowest BCUT2D eigenvalue weighted by molar-refractivity contribution is 0.0976. The van der Waals surface area contributed by atoms with Gasteiger partial charge in [-0.3, -0.25) is 4.79 Å². The van der Waals surface area contributed by atoms with Crippen molar-refractivity contribution >= 4 is 33.8 Å². The highest BCUT2D eigenvalue weighted by atomic mass is 35.5. The van der Waals surface area contributed by atoms with Crippen LogP contribution in [0, 0.1) is 0 Å². The topological polar surface area (TPSA) is 29.1 Å². The van der Waals surface area contributed by atoms with Crippen LogP contribution in [0.3, 0.4) is 0 Å². The maximum absolute atomic E-state index is 13.1. The largest absolute Gasteiger partial charge is 0.378 e. The zero-order chi connectivity index (χ0) is 19.3. The molecule has 2 nitrogen and oxygen atoms in total. The fraction of sp³-hybridized carbons (Fsp3) is 0.0800. The van der Waals surface area contributed by atoms with Gasteiger partial charge in [-0.25, -0.2) is 0 Å². The van der Waals surface area contributed by atoms with Gasteiger partial charge in [-0.15, -0.1) is 0 Å². The third-order valence-corrected chi connectivity index (χ3v) is 5.10. The average Bonchev–Trinajstić information content (AvgIpc) is 2.74. The Hall–Kier alpha value is -3.10. The maximum atomic E-state index is 13.1. The average molecular weight is 386 g/mol. The van der Waals surface area contributed by atoms with Gasteiger partial charge in [-0.05, 0) is 46.7 Å². The van der Waals surface area contributed by atoms with E-state index in [0.717, 1.165) is 27.6 Å². The van der Waals surface area contributed by atoms with Crippen molar-refractivity contribution in [2.24, 2.45) is 0 Å². The van der Waals surface area contributed by atoms with Crippen molar-refractivity contribution in [3.8, 4) is 0 Å². The van der Waals surface area contributed by atoms with Crippen LogP contribution in [0.2, 0.25) is 5.02 Å². The highest BCUT2D eigenvalue weighted by molar-refractivity contribution is 6.30. The molecule has 0 saturated heterocycles. The van der Waals surface area contributed by atoms with Crippen LogP contribution >= 0.6 is 11.6 Å². The van der Waals surface area contributed by atoms with Gasteiger partial charge in [0.15, 0.2) is 5.78 Å². The first-order valence-corrected chi connectivity index (χ1v) is 9.66. The highest BCUT2D eigenvalue weighted by Crippen LogP contribution is 2.26. The van der Waals surface area contributed by atoms with Gasteiger partial charge in [-0.1, -0.05) is 78.3 Å². The molecule has 0 aliphatic rings. The van der Waals surface area contributed by atoms with Gasteiger partial charge in [-0.2, -0.15) is 0 Å². The molecule has 0 fully saturated rings. The number of anilines is 1. The first-order valence-electron chi connectivity index (χ1n) is 9.28. The van der Waals surface area contributed by atoms with Crippen LogP contribution in [-0.2, 0) is 0 Å². The lowest BCUT2D eigenvalue weighted by Crippen LogP contribution is -2.15. The van der Waals surface area contributed by atoms with E-state index in [-0.39, 0.29) is 11.8 Å². The van der Waals surface area contributed by atoms with Gasteiger partial charge in [0.05, 0.1) is 6.04 Å². The van der Waals surface area contributed by atoms with E-state index in [0.29, 0.717) is 11.4 Å². The number of ketones is 1. The fourth-order valence-corrected chi connectivity index (χ4v) is 3.47. The number of hydrogen-bond acceptors (Lipinski definition) is 2. The summed E-state index contributed by atoms with van der Waals surface area (Å²) < 4.78 is 0. The van der Waals surface area contributed by atoms with Crippen molar-refractivity contribution in [2.75, 3.05) is 5.32 Å². The number of nitrogens with one attached hydrogen (secondary N) is 1. The molecular weight excluding hydrogens is 366 g/mol. The van der Waals surface area contributed by atoms with Gasteiger partial charge >= 0.3 is 0 Å². The number of fused-ring (bicyclic) bond motifs is 1. The van der Waals surface area contributed by atoms with Crippen LogP contribution in [0.5, 0.6) is 0 Å². The van der Waals surface area contributed by atoms with E-state index < -0.39 is 0 Å². The molecule has 0 aliphatic heterocycles. The molecule has 4 rings (SSSR count). The van der Waals surface area contributed by atoms with Crippen LogP contribution < -0.4 is 5.32 Å². The summed E-state index contributed by atoms with van der Waals surface area (Å²) in [4.78, 5) is 13.1. The summed E-state index contributed by atoms with van der Waals surface area (Å²) in [5, 5.41) is 6.38. The molecule has 0 aliphatic carbocycles. The van der Waals surface area contributed by atoms with Gasteiger partial charge in [0.25, 0.3) is 0 Å². The van der Waals surface area contributed by atoms with Crippen LogP contribution in [-0.4, -0.2) is 5.78 Å².